The predicted molar refractivity (Wildman–Crippen MR) is 69.2 cm³/mol. The Morgan fingerprint density at radius 3 is 2.53 bits per heavy atom. The molecule has 0 aromatic carbocycles. The summed E-state index contributed by atoms with van der Waals surface area (Å²) in [6, 6.07) is 4.60. The van der Waals surface area contributed by atoms with E-state index in [0.717, 1.165) is 10.3 Å². The van der Waals surface area contributed by atoms with Crippen LogP contribution in [0.3, 0.4) is 0 Å². The maximum atomic E-state index is 4.21. The third-order valence-corrected chi connectivity index (χ3v) is 3.02. The number of nitrogens with zero attached hydrogens (tertiary/aromatic N) is 1. The first-order valence-electron chi connectivity index (χ1n) is 5.65. The number of pyridine rings is 1. The monoisotopic (exact) mass is 270 g/mol. The van der Waals surface area contributed by atoms with Crippen molar-refractivity contribution in [3.05, 3.63) is 22.9 Å². The molecule has 2 nitrogen and oxygen atoms in total. The van der Waals surface area contributed by atoms with Crippen LogP contribution in [0.25, 0.3) is 0 Å². The fraction of sp³-hybridized carbons (Fsp3) is 0.583. The number of hydrogen-bond donors (Lipinski definition) is 1. The lowest BCUT2D eigenvalue weighted by atomic mass is 10.1. The van der Waals surface area contributed by atoms with Gasteiger partial charge in [-0.3, -0.25) is 0 Å². The van der Waals surface area contributed by atoms with Crippen LogP contribution < -0.4 is 5.32 Å². The van der Waals surface area contributed by atoms with Gasteiger partial charge in [-0.1, -0.05) is 26.7 Å². The lowest BCUT2D eigenvalue weighted by Gasteiger charge is -2.19. The molecule has 0 aliphatic rings. The highest BCUT2D eigenvalue weighted by Gasteiger charge is 2.08. The smallest absolute Gasteiger partial charge is 0.129 e. The van der Waals surface area contributed by atoms with Gasteiger partial charge in [-0.15, -0.1) is 0 Å². The summed E-state index contributed by atoms with van der Waals surface area (Å²) in [5.41, 5.74) is 1.10. The minimum atomic E-state index is 0.570. The van der Waals surface area contributed by atoms with Gasteiger partial charge in [0.05, 0.1) is 5.69 Å². The molecule has 15 heavy (non-hydrogen) atoms. The molecule has 0 aliphatic carbocycles. The Bertz CT molecular complexity index is 283. The summed E-state index contributed by atoms with van der Waals surface area (Å²) in [6.07, 6.45) is 6.67. The summed E-state index contributed by atoms with van der Waals surface area (Å²) < 4.78 is 0.905. The van der Waals surface area contributed by atoms with Gasteiger partial charge in [-0.2, -0.15) is 0 Å². The summed E-state index contributed by atoms with van der Waals surface area (Å²) in [5.74, 6) is 0. The van der Waals surface area contributed by atoms with Crippen LogP contribution in [-0.2, 0) is 0 Å². The number of hydrogen-bond acceptors (Lipinski definition) is 2. The molecule has 0 atom stereocenters. The second-order valence-corrected chi connectivity index (χ2v) is 4.51. The molecule has 0 aliphatic heterocycles. The molecule has 1 rings (SSSR count). The lowest BCUT2D eigenvalue weighted by molar-refractivity contribution is 0.586. The van der Waals surface area contributed by atoms with Crippen LogP contribution in [-0.4, -0.2) is 11.0 Å². The molecule has 0 fully saturated rings. The fourth-order valence-corrected chi connectivity index (χ4v) is 2.06. The number of anilines is 1. The van der Waals surface area contributed by atoms with Crippen LogP contribution in [0.1, 0.15) is 39.5 Å². The van der Waals surface area contributed by atoms with Gasteiger partial charge in [0.1, 0.15) is 4.60 Å². The van der Waals surface area contributed by atoms with E-state index in [0.29, 0.717) is 6.04 Å². The molecule has 0 spiro atoms. The molecule has 1 aromatic rings. The van der Waals surface area contributed by atoms with Gasteiger partial charge in [-0.25, -0.2) is 4.98 Å². The van der Waals surface area contributed by atoms with Crippen LogP contribution in [0, 0.1) is 0 Å². The standard InChI is InChI=1S/C12H19BrN2/c1-3-6-10(7-4-2)15-11-8-5-9-14-12(11)13/h5,8-10,15H,3-4,6-7H2,1-2H3. The van der Waals surface area contributed by atoms with Gasteiger partial charge in [0.25, 0.3) is 0 Å². The van der Waals surface area contributed by atoms with Crippen molar-refractivity contribution in [1.82, 2.24) is 4.98 Å². The molecule has 0 amide bonds. The Morgan fingerprint density at radius 1 is 1.33 bits per heavy atom. The Labute approximate surface area is 101 Å². The van der Waals surface area contributed by atoms with Gasteiger partial charge in [0.2, 0.25) is 0 Å². The van der Waals surface area contributed by atoms with Gasteiger partial charge in [0, 0.05) is 12.2 Å². The third-order valence-electron chi connectivity index (χ3n) is 2.39. The van der Waals surface area contributed by atoms with Gasteiger partial charge in [-0.05, 0) is 40.9 Å². The number of halogens is 1. The Hall–Kier alpha value is -0.570. The first kappa shape index (κ1) is 12.5. The second-order valence-electron chi connectivity index (χ2n) is 3.76. The van der Waals surface area contributed by atoms with E-state index < -0.39 is 0 Å². The Balaban J connectivity index is 2.60. The molecular weight excluding hydrogens is 252 g/mol. The molecule has 0 unspecified atom stereocenters. The van der Waals surface area contributed by atoms with Crippen molar-refractivity contribution in [2.75, 3.05) is 5.32 Å². The quantitative estimate of drug-likeness (QED) is 0.783. The van der Waals surface area contributed by atoms with Crippen molar-refractivity contribution < 1.29 is 0 Å². The van der Waals surface area contributed by atoms with E-state index in [1.165, 1.54) is 25.7 Å². The SMILES string of the molecule is CCCC(CCC)Nc1cccnc1Br. The van der Waals surface area contributed by atoms with Gasteiger partial charge < -0.3 is 5.32 Å². The number of rotatable bonds is 6. The molecule has 1 N–H and O–H groups in total. The highest BCUT2D eigenvalue weighted by atomic mass is 79.9. The maximum absolute atomic E-state index is 4.21. The van der Waals surface area contributed by atoms with Gasteiger partial charge >= 0.3 is 0 Å². The van der Waals surface area contributed by atoms with Crippen molar-refractivity contribution >= 4 is 21.6 Å². The fourth-order valence-electron chi connectivity index (χ4n) is 1.70. The maximum Gasteiger partial charge on any atom is 0.129 e. The zero-order valence-electron chi connectivity index (χ0n) is 9.46. The first-order valence-corrected chi connectivity index (χ1v) is 6.44. The summed E-state index contributed by atoms with van der Waals surface area (Å²) >= 11 is 3.45. The highest BCUT2D eigenvalue weighted by Crippen LogP contribution is 2.21. The zero-order valence-corrected chi connectivity index (χ0v) is 11.0. The van der Waals surface area contributed by atoms with Crippen molar-refractivity contribution in [2.45, 2.75) is 45.6 Å². The second kappa shape index (κ2) is 6.83. The predicted octanol–water partition coefficient (Wildman–Crippen LogP) is 4.22. The molecule has 1 heterocycles. The molecule has 0 radical (unpaired) electrons. The van der Waals surface area contributed by atoms with Crippen LogP contribution >= 0.6 is 15.9 Å². The number of aromatic nitrogens is 1. The van der Waals surface area contributed by atoms with Crippen LogP contribution in [0.2, 0.25) is 0 Å². The molecular formula is C12H19BrN2. The molecule has 0 saturated heterocycles. The topological polar surface area (TPSA) is 24.9 Å². The summed E-state index contributed by atoms with van der Waals surface area (Å²) in [5, 5.41) is 3.54. The summed E-state index contributed by atoms with van der Waals surface area (Å²) in [4.78, 5) is 4.21. The van der Waals surface area contributed by atoms with Crippen molar-refractivity contribution in [1.29, 1.82) is 0 Å². The minimum Gasteiger partial charge on any atom is -0.380 e. The number of nitrogens with one attached hydrogen (secondary N) is 1. The molecule has 3 heteroatoms. The Morgan fingerprint density at radius 2 is 2.00 bits per heavy atom. The third kappa shape index (κ3) is 4.20. The average molecular weight is 271 g/mol. The molecule has 84 valence electrons. The van der Waals surface area contributed by atoms with E-state index in [4.69, 9.17) is 0 Å². The van der Waals surface area contributed by atoms with E-state index >= 15 is 0 Å². The molecule has 0 saturated carbocycles. The summed E-state index contributed by atoms with van der Waals surface area (Å²) in [7, 11) is 0. The lowest BCUT2D eigenvalue weighted by Crippen LogP contribution is -2.19. The summed E-state index contributed by atoms with van der Waals surface area (Å²) in [6.45, 7) is 4.45. The largest absolute Gasteiger partial charge is 0.380 e. The highest BCUT2D eigenvalue weighted by molar-refractivity contribution is 9.10. The normalized spacial score (nSPS) is 10.7. The van der Waals surface area contributed by atoms with Crippen molar-refractivity contribution in [2.24, 2.45) is 0 Å². The zero-order chi connectivity index (χ0) is 11.1. The Kier molecular flexibility index (Phi) is 5.69. The van der Waals surface area contributed by atoms with Crippen molar-refractivity contribution in [3.63, 3.8) is 0 Å². The van der Waals surface area contributed by atoms with Crippen LogP contribution in [0.15, 0.2) is 22.9 Å². The van der Waals surface area contributed by atoms with Crippen LogP contribution in [0.5, 0.6) is 0 Å². The average Bonchev–Trinajstić information content (AvgIpc) is 2.22. The van der Waals surface area contributed by atoms with E-state index in [2.05, 4.69) is 46.1 Å². The first-order chi connectivity index (χ1) is 7.27. The van der Waals surface area contributed by atoms with E-state index in [1.807, 2.05) is 6.07 Å². The van der Waals surface area contributed by atoms with E-state index in [-0.39, 0.29) is 0 Å². The van der Waals surface area contributed by atoms with Crippen molar-refractivity contribution in [3.8, 4) is 0 Å². The van der Waals surface area contributed by atoms with E-state index in [9.17, 15) is 0 Å². The molecule has 0 bridgehead atoms. The van der Waals surface area contributed by atoms with E-state index in [1.54, 1.807) is 6.20 Å². The minimum absolute atomic E-state index is 0.570. The van der Waals surface area contributed by atoms with Crippen LogP contribution in [0.4, 0.5) is 5.69 Å². The molecule has 1 aromatic heterocycles. The van der Waals surface area contributed by atoms with Gasteiger partial charge in [0.15, 0.2) is 0 Å².